The maximum Gasteiger partial charge on any atom is 0.193 e. The molecular formula is C19H28BrIN4O. The van der Waals surface area contributed by atoms with Gasteiger partial charge < -0.3 is 19.5 Å². The van der Waals surface area contributed by atoms with Crippen LogP contribution in [0.25, 0.3) is 0 Å². The number of ether oxygens (including phenoxy) is 1. The third kappa shape index (κ3) is 6.83. The maximum atomic E-state index is 5.27. The van der Waals surface area contributed by atoms with Crippen molar-refractivity contribution < 1.29 is 4.74 Å². The van der Waals surface area contributed by atoms with E-state index in [-0.39, 0.29) is 24.0 Å². The molecule has 1 N–H and O–H groups in total. The summed E-state index contributed by atoms with van der Waals surface area (Å²) in [6.07, 6.45) is 4.11. The first kappa shape index (κ1) is 22.8. The minimum atomic E-state index is 0. The molecule has 0 aliphatic heterocycles. The smallest absolute Gasteiger partial charge is 0.193 e. The summed E-state index contributed by atoms with van der Waals surface area (Å²) in [5, 5.41) is 3.44. The Balaban J connectivity index is 0.00000338. The molecule has 1 aromatic carbocycles. The second kappa shape index (κ2) is 11.5. The summed E-state index contributed by atoms with van der Waals surface area (Å²) in [6.45, 7) is 1.68. The van der Waals surface area contributed by atoms with Gasteiger partial charge >= 0.3 is 0 Å². The average molecular weight is 535 g/mol. The van der Waals surface area contributed by atoms with Crippen LogP contribution in [0.5, 0.6) is 5.75 Å². The molecule has 2 rings (SSSR count). The third-order valence-corrected chi connectivity index (χ3v) is 4.54. The highest BCUT2D eigenvalue weighted by Gasteiger charge is 2.09. The molecule has 0 unspecified atom stereocenters. The van der Waals surface area contributed by atoms with Crippen LogP contribution in [0.4, 0.5) is 0 Å². The molecule has 0 aliphatic rings. The lowest BCUT2D eigenvalue weighted by molar-refractivity contribution is 0.414. The van der Waals surface area contributed by atoms with Crippen LogP contribution in [0.15, 0.2) is 46.0 Å². The number of nitrogens with zero attached hydrogens (tertiary/aromatic N) is 3. The van der Waals surface area contributed by atoms with Crippen LogP contribution in [0.3, 0.4) is 0 Å². The van der Waals surface area contributed by atoms with E-state index in [0.717, 1.165) is 42.1 Å². The molecular weight excluding hydrogens is 507 g/mol. The van der Waals surface area contributed by atoms with E-state index in [9.17, 15) is 0 Å². The number of hydrogen-bond donors (Lipinski definition) is 1. The van der Waals surface area contributed by atoms with Crippen molar-refractivity contribution in [1.82, 2.24) is 14.8 Å². The highest BCUT2D eigenvalue weighted by Crippen LogP contribution is 2.15. The number of nitrogens with one attached hydrogen (secondary N) is 1. The van der Waals surface area contributed by atoms with Crippen LogP contribution in [0.2, 0.25) is 0 Å². The van der Waals surface area contributed by atoms with Crippen LogP contribution in [0.1, 0.15) is 17.7 Å². The first-order valence-corrected chi connectivity index (χ1v) is 9.18. The van der Waals surface area contributed by atoms with Crippen molar-refractivity contribution in [3.63, 3.8) is 0 Å². The third-order valence-electron chi connectivity index (χ3n) is 4.11. The first-order chi connectivity index (χ1) is 12.0. The van der Waals surface area contributed by atoms with Gasteiger partial charge in [-0.3, -0.25) is 4.99 Å². The molecule has 26 heavy (non-hydrogen) atoms. The molecule has 5 nitrogen and oxygen atoms in total. The Kier molecular flexibility index (Phi) is 10.1. The van der Waals surface area contributed by atoms with Crippen LogP contribution in [0, 0.1) is 0 Å². The SMILES string of the molecule is CN=C(NCCCc1cccc(OC)c1)N(C)Cc1cc(Br)cn1C.I. The lowest BCUT2D eigenvalue weighted by Crippen LogP contribution is -2.39. The predicted molar refractivity (Wildman–Crippen MR) is 123 cm³/mol. The highest BCUT2D eigenvalue weighted by atomic mass is 127. The summed E-state index contributed by atoms with van der Waals surface area (Å²) >= 11 is 3.52. The Morgan fingerprint density at radius 1 is 1.35 bits per heavy atom. The Bertz CT molecular complexity index is 717. The topological polar surface area (TPSA) is 41.8 Å². The van der Waals surface area contributed by atoms with Gasteiger partial charge in [-0.25, -0.2) is 0 Å². The normalized spacial score (nSPS) is 11.0. The predicted octanol–water partition coefficient (Wildman–Crippen LogP) is 4.05. The number of aliphatic imine (C=N–C) groups is 1. The summed E-state index contributed by atoms with van der Waals surface area (Å²) < 4.78 is 8.49. The number of hydrogen-bond acceptors (Lipinski definition) is 2. The monoisotopic (exact) mass is 534 g/mol. The van der Waals surface area contributed by atoms with Gasteiger partial charge in [-0.15, -0.1) is 24.0 Å². The molecule has 0 bridgehead atoms. The van der Waals surface area contributed by atoms with Crippen molar-refractivity contribution >= 4 is 45.9 Å². The van der Waals surface area contributed by atoms with Crippen LogP contribution >= 0.6 is 39.9 Å². The number of rotatable bonds is 7. The Morgan fingerprint density at radius 3 is 2.73 bits per heavy atom. The number of methoxy groups -OCH3 is 1. The fourth-order valence-corrected chi connectivity index (χ4v) is 3.32. The van der Waals surface area contributed by atoms with Gasteiger partial charge in [0.05, 0.1) is 13.7 Å². The molecule has 2 aromatic rings. The van der Waals surface area contributed by atoms with Gasteiger partial charge in [-0.2, -0.15) is 0 Å². The number of aromatic nitrogens is 1. The second-order valence-corrected chi connectivity index (χ2v) is 6.96. The molecule has 0 saturated carbocycles. The Labute approximate surface area is 182 Å². The molecule has 0 aliphatic carbocycles. The van der Waals surface area contributed by atoms with Gasteiger partial charge in [0.25, 0.3) is 0 Å². The summed E-state index contributed by atoms with van der Waals surface area (Å²) in [5.74, 6) is 1.82. The van der Waals surface area contributed by atoms with Crippen LogP contribution < -0.4 is 10.1 Å². The fourth-order valence-electron chi connectivity index (χ4n) is 2.75. The van der Waals surface area contributed by atoms with Crippen LogP contribution in [-0.2, 0) is 20.0 Å². The molecule has 0 saturated heterocycles. The zero-order valence-electron chi connectivity index (χ0n) is 15.8. The van der Waals surface area contributed by atoms with E-state index in [0.29, 0.717) is 0 Å². The minimum Gasteiger partial charge on any atom is -0.497 e. The minimum absolute atomic E-state index is 0. The van der Waals surface area contributed by atoms with Crippen molar-refractivity contribution in [3.8, 4) is 5.75 Å². The fraction of sp³-hybridized carbons (Fsp3) is 0.421. The van der Waals surface area contributed by atoms with E-state index in [1.54, 1.807) is 7.11 Å². The molecule has 0 spiro atoms. The molecule has 0 radical (unpaired) electrons. The lowest BCUT2D eigenvalue weighted by Gasteiger charge is -2.22. The number of halogens is 2. The van der Waals surface area contributed by atoms with Crippen molar-refractivity contribution in [2.24, 2.45) is 12.0 Å². The second-order valence-electron chi connectivity index (χ2n) is 6.05. The van der Waals surface area contributed by atoms with Gasteiger partial charge in [0.2, 0.25) is 0 Å². The Hall–Kier alpha value is -1.22. The number of aryl methyl sites for hydroxylation is 2. The molecule has 144 valence electrons. The van der Waals surface area contributed by atoms with E-state index < -0.39 is 0 Å². The summed E-state index contributed by atoms with van der Waals surface area (Å²) in [4.78, 5) is 6.52. The molecule has 1 heterocycles. The lowest BCUT2D eigenvalue weighted by atomic mass is 10.1. The van der Waals surface area contributed by atoms with Gasteiger partial charge in [-0.1, -0.05) is 12.1 Å². The van der Waals surface area contributed by atoms with E-state index in [4.69, 9.17) is 4.74 Å². The largest absolute Gasteiger partial charge is 0.497 e. The average Bonchev–Trinajstić information content (AvgIpc) is 2.92. The van der Waals surface area contributed by atoms with Gasteiger partial charge in [0, 0.05) is 44.1 Å². The van der Waals surface area contributed by atoms with Gasteiger partial charge in [-0.05, 0) is 52.5 Å². The van der Waals surface area contributed by atoms with E-state index >= 15 is 0 Å². The standard InChI is InChI=1S/C19H27BrN4O.HI/c1-21-19(24(3)14-17-12-16(20)13-23(17)2)22-10-6-8-15-7-5-9-18(11-15)25-4;/h5,7,9,11-13H,6,8,10,14H2,1-4H3,(H,21,22);1H. The maximum absolute atomic E-state index is 5.27. The van der Waals surface area contributed by atoms with Crippen molar-refractivity contribution in [2.75, 3.05) is 27.7 Å². The summed E-state index contributed by atoms with van der Waals surface area (Å²) in [7, 11) is 7.63. The summed E-state index contributed by atoms with van der Waals surface area (Å²) in [6, 6.07) is 10.4. The molecule has 0 atom stereocenters. The molecule has 1 aromatic heterocycles. The van der Waals surface area contributed by atoms with Gasteiger partial charge in [0.15, 0.2) is 5.96 Å². The molecule has 7 heteroatoms. The van der Waals surface area contributed by atoms with Gasteiger partial charge in [0.1, 0.15) is 5.75 Å². The molecule has 0 fully saturated rings. The van der Waals surface area contributed by atoms with Crippen LogP contribution in [-0.4, -0.2) is 43.2 Å². The zero-order chi connectivity index (χ0) is 18.2. The van der Waals surface area contributed by atoms with Crippen molar-refractivity contribution in [2.45, 2.75) is 19.4 Å². The Morgan fingerprint density at radius 2 is 2.12 bits per heavy atom. The quantitative estimate of drug-likeness (QED) is 0.252. The van der Waals surface area contributed by atoms with Crippen molar-refractivity contribution in [1.29, 1.82) is 0 Å². The van der Waals surface area contributed by atoms with E-state index in [1.807, 2.05) is 19.2 Å². The number of benzene rings is 1. The van der Waals surface area contributed by atoms with E-state index in [1.165, 1.54) is 11.3 Å². The number of guanidine groups is 1. The first-order valence-electron chi connectivity index (χ1n) is 8.39. The summed E-state index contributed by atoms with van der Waals surface area (Å²) in [5.41, 5.74) is 2.52. The molecule has 0 amide bonds. The zero-order valence-corrected chi connectivity index (χ0v) is 19.7. The van der Waals surface area contributed by atoms with E-state index in [2.05, 4.69) is 74.2 Å². The van der Waals surface area contributed by atoms with Crippen molar-refractivity contribution in [3.05, 3.63) is 52.3 Å². The highest BCUT2D eigenvalue weighted by molar-refractivity contribution is 14.0.